The average Bonchev–Trinajstić information content (AvgIpc) is 2.78. The highest BCUT2D eigenvalue weighted by Gasteiger charge is 2.09. The highest BCUT2D eigenvalue weighted by molar-refractivity contribution is 5.77. The van der Waals surface area contributed by atoms with Gasteiger partial charge >= 0.3 is 0 Å². The maximum Gasteiger partial charge on any atom is 0.121 e. The van der Waals surface area contributed by atoms with Gasteiger partial charge in [0, 0.05) is 25.2 Å². The third-order valence-electron chi connectivity index (χ3n) is 3.60. The van der Waals surface area contributed by atoms with Gasteiger partial charge in [0.15, 0.2) is 0 Å². The van der Waals surface area contributed by atoms with Crippen LogP contribution in [0.15, 0.2) is 42.5 Å². The zero-order valence-corrected chi connectivity index (χ0v) is 12.3. The van der Waals surface area contributed by atoms with Gasteiger partial charge < -0.3 is 15.0 Å². The number of nitrogens with zero attached hydrogens (tertiary/aromatic N) is 2. The van der Waals surface area contributed by atoms with Crippen LogP contribution in [0.1, 0.15) is 18.3 Å². The van der Waals surface area contributed by atoms with Crippen molar-refractivity contribution < 1.29 is 4.74 Å². The van der Waals surface area contributed by atoms with E-state index in [1.165, 1.54) is 5.56 Å². The molecule has 2 N–H and O–H groups in total. The summed E-state index contributed by atoms with van der Waals surface area (Å²) in [6.45, 7) is 2.64. The molecule has 0 amide bonds. The van der Waals surface area contributed by atoms with Crippen LogP contribution < -0.4 is 10.5 Å². The lowest BCUT2D eigenvalue weighted by Crippen LogP contribution is -1.99. The number of ether oxygens (including phenoxy) is 1. The van der Waals surface area contributed by atoms with Crippen LogP contribution in [-0.4, -0.2) is 16.2 Å². The van der Waals surface area contributed by atoms with Crippen LogP contribution in [0.3, 0.4) is 0 Å². The number of hydrogen-bond acceptors (Lipinski definition) is 3. The minimum absolute atomic E-state index is 0.663. The molecule has 0 radical (unpaired) electrons. The zero-order valence-electron chi connectivity index (χ0n) is 12.3. The smallest absolute Gasteiger partial charge is 0.121 e. The molecule has 0 aliphatic rings. The number of aromatic nitrogens is 2. The molecular weight excluding hydrogens is 262 g/mol. The summed E-state index contributed by atoms with van der Waals surface area (Å²) in [7, 11) is 2.04. The molecule has 0 unspecified atom stereocenters. The van der Waals surface area contributed by atoms with Crippen molar-refractivity contribution in [3.05, 3.63) is 53.9 Å². The van der Waals surface area contributed by atoms with Crippen molar-refractivity contribution in [1.29, 1.82) is 0 Å². The molecule has 1 heterocycles. The van der Waals surface area contributed by atoms with Gasteiger partial charge in [-0.2, -0.15) is 0 Å². The zero-order chi connectivity index (χ0) is 14.8. The number of anilines is 1. The Kier molecular flexibility index (Phi) is 3.52. The maximum absolute atomic E-state index is 5.72. The first-order valence-electron chi connectivity index (χ1n) is 7.10. The van der Waals surface area contributed by atoms with E-state index in [0.717, 1.165) is 34.7 Å². The monoisotopic (exact) mass is 281 g/mol. The van der Waals surface area contributed by atoms with E-state index in [9.17, 15) is 0 Å². The lowest BCUT2D eigenvalue weighted by Gasteiger charge is -2.04. The number of benzene rings is 2. The Morgan fingerprint density at radius 3 is 2.62 bits per heavy atom. The van der Waals surface area contributed by atoms with Gasteiger partial charge in [-0.3, -0.25) is 0 Å². The lowest BCUT2D eigenvalue weighted by molar-refractivity contribution is 0.340. The number of nitrogens with two attached hydrogens (primary N) is 1. The first kappa shape index (κ1) is 13.5. The van der Waals surface area contributed by atoms with Crippen LogP contribution in [0, 0.1) is 0 Å². The van der Waals surface area contributed by atoms with Crippen molar-refractivity contribution in [2.45, 2.75) is 13.3 Å². The van der Waals surface area contributed by atoms with E-state index in [1.54, 1.807) is 0 Å². The van der Waals surface area contributed by atoms with E-state index in [1.807, 2.05) is 50.4 Å². The molecule has 0 fully saturated rings. The molecule has 21 heavy (non-hydrogen) atoms. The Balaban J connectivity index is 1.95. The number of fused-ring (bicyclic) bond motifs is 1. The number of aryl methyl sites for hydroxylation is 1. The fourth-order valence-corrected chi connectivity index (χ4v) is 2.46. The Hall–Kier alpha value is -2.49. The molecule has 3 rings (SSSR count). The summed E-state index contributed by atoms with van der Waals surface area (Å²) in [4.78, 5) is 4.72. The number of imidazole rings is 1. The van der Waals surface area contributed by atoms with Crippen LogP contribution in [0.4, 0.5) is 5.69 Å². The summed E-state index contributed by atoms with van der Waals surface area (Å²) in [6, 6.07) is 14.0. The van der Waals surface area contributed by atoms with Crippen molar-refractivity contribution in [1.82, 2.24) is 9.55 Å². The highest BCUT2D eigenvalue weighted by Crippen LogP contribution is 2.22. The molecule has 0 aliphatic heterocycles. The lowest BCUT2D eigenvalue weighted by atomic mass is 10.1. The van der Waals surface area contributed by atoms with Crippen LogP contribution in [0.2, 0.25) is 0 Å². The van der Waals surface area contributed by atoms with Crippen molar-refractivity contribution in [3.63, 3.8) is 0 Å². The Morgan fingerprint density at radius 1 is 1.14 bits per heavy atom. The van der Waals surface area contributed by atoms with Crippen molar-refractivity contribution in [2.24, 2.45) is 7.05 Å². The van der Waals surface area contributed by atoms with E-state index in [4.69, 9.17) is 15.5 Å². The quantitative estimate of drug-likeness (QED) is 0.747. The third kappa shape index (κ3) is 2.70. The van der Waals surface area contributed by atoms with Gasteiger partial charge in [-0.1, -0.05) is 12.1 Å². The summed E-state index contributed by atoms with van der Waals surface area (Å²) in [5.41, 5.74) is 9.79. The molecule has 0 bridgehead atoms. The molecule has 2 aromatic carbocycles. The molecule has 108 valence electrons. The summed E-state index contributed by atoms with van der Waals surface area (Å²) < 4.78 is 7.66. The Bertz CT molecular complexity index is 760. The summed E-state index contributed by atoms with van der Waals surface area (Å²) >= 11 is 0. The van der Waals surface area contributed by atoms with Crippen molar-refractivity contribution in [3.8, 4) is 5.75 Å². The molecular formula is C17H19N3O. The first-order valence-corrected chi connectivity index (χ1v) is 7.10. The maximum atomic E-state index is 5.72. The van der Waals surface area contributed by atoms with Gasteiger partial charge in [0.25, 0.3) is 0 Å². The van der Waals surface area contributed by atoms with Crippen LogP contribution in [0.5, 0.6) is 5.75 Å². The van der Waals surface area contributed by atoms with E-state index in [0.29, 0.717) is 6.61 Å². The predicted molar refractivity (Wildman–Crippen MR) is 85.5 cm³/mol. The topological polar surface area (TPSA) is 53.1 Å². The number of rotatable bonds is 4. The standard InChI is InChI=1S/C17H19N3O/c1-3-21-14-8-9-16-15(11-14)19-17(20(16)2)10-12-4-6-13(18)7-5-12/h4-9,11H,3,10,18H2,1-2H3. The molecule has 0 saturated heterocycles. The molecule has 0 aliphatic carbocycles. The van der Waals surface area contributed by atoms with Crippen molar-refractivity contribution >= 4 is 16.7 Å². The first-order chi connectivity index (χ1) is 10.2. The fraction of sp³-hybridized carbons (Fsp3) is 0.235. The Morgan fingerprint density at radius 2 is 1.90 bits per heavy atom. The Labute approximate surface area is 124 Å². The molecule has 4 heteroatoms. The van der Waals surface area contributed by atoms with Crippen LogP contribution in [-0.2, 0) is 13.5 Å². The fourth-order valence-electron chi connectivity index (χ4n) is 2.46. The largest absolute Gasteiger partial charge is 0.494 e. The molecule has 0 spiro atoms. The highest BCUT2D eigenvalue weighted by atomic mass is 16.5. The SMILES string of the molecule is CCOc1ccc2c(c1)nc(Cc1ccc(N)cc1)n2C. The summed E-state index contributed by atoms with van der Waals surface area (Å²) in [5, 5.41) is 0. The van der Waals surface area contributed by atoms with Gasteiger partial charge in [-0.25, -0.2) is 4.98 Å². The number of hydrogen-bond donors (Lipinski definition) is 1. The normalized spacial score (nSPS) is 11.0. The second-order valence-corrected chi connectivity index (χ2v) is 5.09. The van der Waals surface area contributed by atoms with Gasteiger partial charge in [0.2, 0.25) is 0 Å². The third-order valence-corrected chi connectivity index (χ3v) is 3.60. The van der Waals surface area contributed by atoms with E-state index >= 15 is 0 Å². The van der Waals surface area contributed by atoms with Crippen LogP contribution >= 0.6 is 0 Å². The van der Waals surface area contributed by atoms with E-state index in [2.05, 4.69) is 10.6 Å². The minimum atomic E-state index is 0.663. The van der Waals surface area contributed by atoms with Gasteiger partial charge in [-0.05, 0) is 36.8 Å². The molecule has 3 aromatic rings. The van der Waals surface area contributed by atoms with Crippen LogP contribution in [0.25, 0.3) is 11.0 Å². The predicted octanol–water partition coefficient (Wildman–Crippen LogP) is 3.15. The van der Waals surface area contributed by atoms with E-state index < -0.39 is 0 Å². The van der Waals surface area contributed by atoms with Gasteiger partial charge in [-0.15, -0.1) is 0 Å². The molecule has 0 atom stereocenters. The summed E-state index contributed by atoms with van der Waals surface area (Å²) in [5.74, 6) is 1.89. The molecule has 1 aromatic heterocycles. The van der Waals surface area contributed by atoms with E-state index in [-0.39, 0.29) is 0 Å². The molecule has 4 nitrogen and oxygen atoms in total. The average molecular weight is 281 g/mol. The van der Waals surface area contributed by atoms with Crippen molar-refractivity contribution in [2.75, 3.05) is 12.3 Å². The number of nitrogen functional groups attached to an aromatic ring is 1. The second-order valence-electron chi connectivity index (χ2n) is 5.09. The second kappa shape index (κ2) is 5.48. The van der Waals surface area contributed by atoms with Gasteiger partial charge in [0.1, 0.15) is 11.6 Å². The summed E-state index contributed by atoms with van der Waals surface area (Å²) in [6.07, 6.45) is 0.787. The minimum Gasteiger partial charge on any atom is -0.494 e. The molecule has 0 saturated carbocycles. The van der Waals surface area contributed by atoms with Gasteiger partial charge in [0.05, 0.1) is 17.6 Å².